The monoisotopic (exact) mass is 393 g/mol. The number of ether oxygens (including phenoxy) is 1. The Balaban J connectivity index is 1.77. The molecule has 3 heterocycles. The molecule has 0 amide bonds. The molecule has 0 atom stereocenters. The number of nitrogens with zero attached hydrogens (tertiary/aromatic N) is 3. The maximum absolute atomic E-state index is 9.79. The fraction of sp³-hybridized carbons (Fsp3) is 0.182. The third-order valence-corrected chi connectivity index (χ3v) is 4.61. The zero-order valence-electron chi connectivity index (χ0n) is 15.6. The zero-order valence-corrected chi connectivity index (χ0v) is 16.4. The van der Waals surface area contributed by atoms with Gasteiger partial charge in [-0.15, -0.1) is 0 Å². The van der Waals surface area contributed by atoms with E-state index in [0.29, 0.717) is 10.9 Å². The first kappa shape index (κ1) is 18.5. The molecule has 6 heteroatoms. The van der Waals surface area contributed by atoms with Gasteiger partial charge < -0.3 is 14.4 Å². The molecule has 4 rings (SSSR count). The summed E-state index contributed by atoms with van der Waals surface area (Å²) in [5, 5.41) is 11.3. The molecule has 0 saturated heterocycles. The highest BCUT2D eigenvalue weighted by atomic mass is 35.5. The number of aliphatic hydroxyl groups is 1. The van der Waals surface area contributed by atoms with Gasteiger partial charge in [0.05, 0.1) is 10.6 Å². The summed E-state index contributed by atoms with van der Waals surface area (Å²) in [4.78, 5) is 8.91. The van der Waals surface area contributed by atoms with Crippen molar-refractivity contribution in [1.82, 2.24) is 14.5 Å². The van der Waals surface area contributed by atoms with Gasteiger partial charge in [0, 0.05) is 46.9 Å². The Kier molecular flexibility index (Phi) is 4.79. The molecule has 0 spiro atoms. The first-order chi connectivity index (χ1) is 13.4. The van der Waals surface area contributed by atoms with Crippen molar-refractivity contribution in [2.45, 2.75) is 19.4 Å². The van der Waals surface area contributed by atoms with Crippen LogP contribution < -0.4 is 4.74 Å². The van der Waals surface area contributed by atoms with Gasteiger partial charge >= 0.3 is 0 Å². The van der Waals surface area contributed by atoms with Crippen LogP contribution in [0.5, 0.6) is 5.88 Å². The van der Waals surface area contributed by atoms with Gasteiger partial charge in [-0.2, -0.15) is 0 Å². The van der Waals surface area contributed by atoms with E-state index in [1.807, 2.05) is 47.2 Å². The minimum Gasteiger partial charge on any atom is -0.475 e. The molecule has 0 aliphatic rings. The van der Waals surface area contributed by atoms with Crippen LogP contribution in [0.15, 0.2) is 67.1 Å². The number of hydrogen-bond acceptors (Lipinski definition) is 4. The van der Waals surface area contributed by atoms with Crippen LogP contribution in [-0.4, -0.2) is 31.8 Å². The lowest BCUT2D eigenvalue weighted by Crippen LogP contribution is -2.28. The van der Waals surface area contributed by atoms with E-state index < -0.39 is 5.60 Å². The average molecular weight is 394 g/mol. The summed E-state index contributed by atoms with van der Waals surface area (Å²) < 4.78 is 7.57. The Morgan fingerprint density at radius 2 is 1.86 bits per heavy atom. The van der Waals surface area contributed by atoms with E-state index in [9.17, 15) is 5.11 Å². The predicted octanol–water partition coefficient (Wildman–Crippen LogP) is 4.89. The summed E-state index contributed by atoms with van der Waals surface area (Å²) in [6, 6.07) is 15.5. The molecule has 5 nitrogen and oxygen atoms in total. The van der Waals surface area contributed by atoms with Crippen LogP contribution in [0.1, 0.15) is 13.8 Å². The van der Waals surface area contributed by atoms with Crippen molar-refractivity contribution in [2.75, 3.05) is 6.61 Å². The van der Waals surface area contributed by atoms with Gasteiger partial charge in [-0.25, -0.2) is 9.97 Å². The highest BCUT2D eigenvalue weighted by Crippen LogP contribution is 2.36. The smallest absolute Gasteiger partial charge is 0.213 e. The maximum atomic E-state index is 9.79. The Hall–Kier alpha value is -2.89. The number of benzene rings is 1. The lowest BCUT2D eigenvalue weighted by atomic mass is 10.1. The molecular formula is C22H20ClN3O2. The molecule has 0 fully saturated rings. The standard InChI is InChI=1S/C22H20ClN3O2/c1-22(2,27)14-28-19-9-8-15(12-25-19)17-13-26(16-6-4-3-5-7-16)21-20(17)18(23)10-11-24-21/h3-13,27H,14H2,1-2H3. The van der Waals surface area contributed by atoms with E-state index in [0.717, 1.165) is 27.8 Å². The van der Waals surface area contributed by atoms with Gasteiger partial charge in [-0.3, -0.25) is 0 Å². The van der Waals surface area contributed by atoms with Crippen molar-refractivity contribution < 1.29 is 9.84 Å². The van der Waals surface area contributed by atoms with Crippen LogP contribution in [0.3, 0.4) is 0 Å². The fourth-order valence-corrected chi connectivity index (χ4v) is 3.24. The van der Waals surface area contributed by atoms with Crippen LogP contribution >= 0.6 is 11.6 Å². The lowest BCUT2D eigenvalue weighted by Gasteiger charge is -2.17. The Labute approximate surface area is 168 Å². The van der Waals surface area contributed by atoms with Crippen molar-refractivity contribution in [3.63, 3.8) is 0 Å². The van der Waals surface area contributed by atoms with Gasteiger partial charge in [-0.05, 0) is 38.1 Å². The number of fused-ring (bicyclic) bond motifs is 1. The fourth-order valence-electron chi connectivity index (χ4n) is 2.99. The minimum absolute atomic E-state index is 0.169. The number of aromatic nitrogens is 3. The van der Waals surface area contributed by atoms with Crippen molar-refractivity contribution in [3.05, 3.63) is 72.1 Å². The van der Waals surface area contributed by atoms with Crippen molar-refractivity contribution in [2.24, 2.45) is 0 Å². The topological polar surface area (TPSA) is 60.2 Å². The van der Waals surface area contributed by atoms with Crippen molar-refractivity contribution >= 4 is 22.6 Å². The molecule has 1 aromatic carbocycles. The number of hydrogen-bond donors (Lipinski definition) is 1. The number of pyridine rings is 2. The molecule has 0 radical (unpaired) electrons. The van der Waals surface area contributed by atoms with Gasteiger partial charge in [0.15, 0.2) is 0 Å². The van der Waals surface area contributed by atoms with Crippen LogP contribution in [-0.2, 0) is 0 Å². The SMILES string of the molecule is CC(C)(O)COc1ccc(-c2cn(-c3ccccc3)c3nccc(Cl)c23)cn1. The summed E-state index contributed by atoms with van der Waals surface area (Å²) in [6.45, 7) is 3.55. The first-order valence-electron chi connectivity index (χ1n) is 8.95. The first-order valence-corrected chi connectivity index (χ1v) is 9.33. The average Bonchev–Trinajstić information content (AvgIpc) is 3.08. The summed E-state index contributed by atoms with van der Waals surface area (Å²) in [7, 11) is 0. The van der Waals surface area contributed by atoms with Gasteiger partial charge in [0.1, 0.15) is 12.3 Å². The molecule has 142 valence electrons. The Morgan fingerprint density at radius 3 is 2.54 bits per heavy atom. The summed E-state index contributed by atoms with van der Waals surface area (Å²) in [6.07, 6.45) is 5.47. The largest absolute Gasteiger partial charge is 0.475 e. The van der Waals surface area contributed by atoms with Gasteiger partial charge in [-0.1, -0.05) is 29.8 Å². The second-order valence-corrected chi connectivity index (χ2v) is 7.63. The van der Waals surface area contributed by atoms with E-state index in [-0.39, 0.29) is 6.61 Å². The minimum atomic E-state index is -0.914. The molecule has 28 heavy (non-hydrogen) atoms. The zero-order chi connectivity index (χ0) is 19.7. The lowest BCUT2D eigenvalue weighted by molar-refractivity contribution is 0.0268. The van der Waals surface area contributed by atoms with E-state index >= 15 is 0 Å². The van der Waals surface area contributed by atoms with E-state index in [4.69, 9.17) is 16.3 Å². The van der Waals surface area contributed by atoms with Crippen molar-refractivity contribution in [1.29, 1.82) is 0 Å². The number of rotatable bonds is 5. The number of halogens is 1. The van der Waals surface area contributed by atoms with Crippen molar-refractivity contribution in [3.8, 4) is 22.7 Å². The molecule has 0 aliphatic heterocycles. The molecule has 0 bridgehead atoms. The van der Waals surface area contributed by atoms with E-state index in [1.54, 1.807) is 38.4 Å². The van der Waals surface area contributed by atoms with Crippen LogP contribution in [0, 0.1) is 0 Å². The van der Waals surface area contributed by atoms with Gasteiger partial charge in [0.2, 0.25) is 5.88 Å². The quantitative estimate of drug-likeness (QED) is 0.524. The summed E-state index contributed by atoms with van der Waals surface area (Å²) >= 11 is 6.52. The maximum Gasteiger partial charge on any atom is 0.213 e. The third kappa shape index (κ3) is 3.72. The second-order valence-electron chi connectivity index (χ2n) is 7.23. The van der Waals surface area contributed by atoms with E-state index in [1.165, 1.54) is 0 Å². The highest BCUT2D eigenvalue weighted by Gasteiger charge is 2.17. The number of para-hydroxylation sites is 1. The van der Waals surface area contributed by atoms with Crippen LogP contribution in [0.4, 0.5) is 0 Å². The molecular weight excluding hydrogens is 374 g/mol. The normalized spacial score (nSPS) is 11.7. The van der Waals surface area contributed by atoms with E-state index in [2.05, 4.69) is 9.97 Å². The molecule has 1 N–H and O–H groups in total. The molecule has 3 aromatic heterocycles. The molecule has 4 aromatic rings. The molecule has 0 unspecified atom stereocenters. The summed E-state index contributed by atoms with van der Waals surface area (Å²) in [5.41, 5.74) is 2.73. The molecule has 0 aliphatic carbocycles. The second kappa shape index (κ2) is 7.26. The van der Waals surface area contributed by atoms with Crippen LogP contribution in [0.25, 0.3) is 27.8 Å². The Bertz CT molecular complexity index is 1100. The Morgan fingerprint density at radius 1 is 1.07 bits per heavy atom. The summed E-state index contributed by atoms with van der Waals surface area (Å²) in [5.74, 6) is 0.460. The van der Waals surface area contributed by atoms with Gasteiger partial charge in [0.25, 0.3) is 0 Å². The highest BCUT2D eigenvalue weighted by molar-refractivity contribution is 6.36. The van der Waals surface area contributed by atoms with Crippen LogP contribution in [0.2, 0.25) is 5.02 Å². The predicted molar refractivity (Wildman–Crippen MR) is 111 cm³/mol. The third-order valence-electron chi connectivity index (χ3n) is 4.29. The molecule has 0 saturated carbocycles.